The highest BCUT2D eigenvalue weighted by molar-refractivity contribution is 7.99. The van der Waals surface area contributed by atoms with Gasteiger partial charge in [0.05, 0.1) is 35.7 Å². The van der Waals surface area contributed by atoms with Crippen molar-refractivity contribution in [3.05, 3.63) is 64.6 Å². The van der Waals surface area contributed by atoms with E-state index in [1.54, 1.807) is 12.1 Å². The highest BCUT2D eigenvalue weighted by Crippen LogP contribution is 2.19. The molecule has 0 atom stereocenters. The van der Waals surface area contributed by atoms with Gasteiger partial charge in [0.25, 0.3) is 11.1 Å². The molecule has 3 rings (SSSR count). The van der Waals surface area contributed by atoms with E-state index in [1.165, 1.54) is 18.4 Å². The third kappa shape index (κ3) is 5.33. The first-order chi connectivity index (χ1) is 13.5. The number of rotatable bonds is 8. The second-order valence-corrected chi connectivity index (χ2v) is 6.72. The van der Waals surface area contributed by atoms with Gasteiger partial charge in [0.2, 0.25) is 11.8 Å². The van der Waals surface area contributed by atoms with Crippen molar-refractivity contribution in [2.24, 2.45) is 0 Å². The molecule has 146 valence electrons. The van der Waals surface area contributed by atoms with Crippen LogP contribution in [-0.4, -0.2) is 27.8 Å². The van der Waals surface area contributed by atoms with Crippen LogP contribution in [0.4, 0.5) is 4.39 Å². The fourth-order valence-corrected chi connectivity index (χ4v) is 2.96. The molecule has 0 unspecified atom stereocenters. The van der Waals surface area contributed by atoms with Crippen LogP contribution in [0, 0.1) is 5.82 Å². The van der Waals surface area contributed by atoms with Crippen LogP contribution in [0.5, 0.6) is 0 Å². The molecule has 0 aliphatic rings. The molecule has 0 saturated heterocycles. The summed E-state index contributed by atoms with van der Waals surface area (Å²) in [5.74, 6) is -0.841. The van der Waals surface area contributed by atoms with Crippen molar-refractivity contribution in [1.29, 1.82) is 0 Å². The van der Waals surface area contributed by atoms with Crippen molar-refractivity contribution in [2.75, 3.05) is 5.75 Å². The molecule has 0 saturated carbocycles. The molecular weight excluding hydrogens is 411 g/mol. The van der Waals surface area contributed by atoms with E-state index < -0.39 is 11.7 Å². The monoisotopic (exact) mass is 424 g/mol. The van der Waals surface area contributed by atoms with Gasteiger partial charge in [0.15, 0.2) is 0 Å². The van der Waals surface area contributed by atoms with Gasteiger partial charge in [-0.3, -0.25) is 9.59 Å². The molecule has 0 fully saturated rings. The Bertz CT molecular complexity index is 944. The van der Waals surface area contributed by atoms with Crippen LogP contribution in [-0.2, 0) is 17.9 Å². The molecule has 1 aromatic carbocycles. The zero-order chi connectivity index (χ0) is 19.9. The first-order valence-electron chi connectivity index (χ1n) is 7.99. The van der Waals surface area contributed by atoms with Crippen LogP contribution in [0.2, 0.25) is 5.02 Å². The Morgan fingerprint density at radius 3 is 2.75 bits per heavy atom. The molecule has 2 heterocycles. The number of thioether (sulfide) groups is 1. The lowest BCUT2D eigenvalue weighted by atomic mass is 10.2. The zero-order valence-electron chi connectivity index (χ0n) is 14.3. The van der Waals surface area contributed by atoms with E-state index in [-0.39, 0.29) is 46.4 Å². The van der Waals surface area contributed by atoms with Gasteiger partial charge < -0.3 is 19.5 Å². The Balaban J connectivity index is 1.45. The predicted octanol–water partition coefficient (Wildman–Crippen LogP) is 2.79. The molecule has 2 N–H and O–H groups in total. The maximum atomic E-state index is 13.7. The van der Waals surface area contributed by atoms with E-state index in [4.69, 9.17) is 20.4 Å². The molecule has 2 amide bonds. The number of benzene rings is 1. The lowest BCUT2D eigenvalue weighted by Crippen LogP contribution is -2.24. The molecule has 3 aromatic rings. The van der Waals surface area contributed by atoms with Gasteiger partial charge >= 0.3 is 0 Å². The summed E-state index contributed by atoms with van der Waals surface area (Å²) >= 11 is 6.89. The summed E-state index contributed by atoms with van der Waals surface area (Å²) in [7, 11) is 0. The Kier molecular flexibility index (Phi) is 6.66. The zero-order valence-corrected chi connectivity index (χ0v) is 15.8. The Labute approximate surface area is 167 Å². The largest absolute Gasteiger partial charge is 0.467 e. The van der Waals surface area contributed by atoms with Crippen LogP contribution in [0.15, 0.2) is 50.7 Å². The molecule has 8 nitrogen and oxygen atoms in total. The molecule has 28 heavy (non-hydrogen) atoms. The summed E-state index contributed by atoms with van der Waals surface area (Å²) in [6.45, 7) is 0.174. The van der Waals surface area contributed by atoms with Gasteiger partial charge in [-0.1, -0.05) is 29.4 Å². The third-order valence-electron chi connectivity index (χ3n) is 3.40. The summed E-state index contributed by atoms with van der Waals surface area (Å²) < 4.78 is 24.2. The van der Waals surface area contributed by atoms with Crippen molar-refractivity contribution in [2.45, 2.75) is 18.3 Å². The molecule has 2 aromatic heterocycles. The summed E-state index contributed by atoms with van der Waals surface area (Å²) in [5.41, 5.74) is -0.258. The number of nitrogens with one attached hydrogen (secondary N) is 2. The Hall–Kier alpha value is -2.85. The first kappa shape index (κ1) is 19.9. The summed E-state index contributed by atoms with van der Waals surface area (Å²) in [6.07, 6.45) is 1.52. The molecule has 0 aliphatic carbocycles. The summed E-state index contributed by atoms with van der Waals surface area (Å²) in [4.78, 5) is 23.8. The second-order valence-electron chi connectivity index (χ2n) is 5.39. The van der Waals surface area contributed by atoms with E-state index in [2.05, 4.69) is 20.8 Å². The average Bonchev–Trinajstić information content (AvgIpc) is 3.34. The second kappa shape index (κ2) is 9.38. The lowest BCUT2D eigenvalue weighted by Gasteiger charge is -2.05. The lowest BCUT2D eigenvalue weighted by molar-refractivity contribution is -0.118. The number of halogens is 2. The molecule has 0 radical (unpaired) electrons. The summed E-state index contributed by atoms with van der Waals surface area (Å²) in [5, 5.41) is 12.8. The predicted molar refractivity (Wildman–Crippen MR) is 98.2 cm³/mol. The minimum Gasteiger partial charge on any atom is -0.467 e. The molecule has 0 spiro atoms. The van der Waals surface area contributed by atoms with Crippen molar-refractivity contribution in [1.82, 2.24) is 20.8 Å². The van der Waals surface area contributed by atoms with Crippen LogP contribution in [0.1, 0.15) is 22.0 Å². The van der Waals surface area contributed by atoms with Gasteiger partial charge in [-0.05, 0) is 24.3 Å². The highest BCUT2D eigenvalue weighted by Gasteiger charge is 2.17. The highest BCUT2D eigenvalue weighted by atomic mass is 35.5. The third-order valence-corrected chi connectivity index (χ3v) is 4.54. The SMILES string of the molecule is O=C(CSc1nnc(CNC(=O)c2c(F)cccc2Cl)o1)NCc1ccco1. The van der Waals surface area contributed by atoms with Crippen molar-refractivity contribution >= 4 is 35.2 Å². The maximum absolute atomic E-state index is 13.7. The molecular formula is C17H14ClFN4O4S. The van der Waals surface area contributed by atoms with Gasteiger partial charge in [-0.15, -0.1) is 10.2 Å². The standard InChI is InChI=1S/C17H14ClFN4O4S/c18-11-4-1-5-12(19)15(11)16(25)21-8-14-22-23-17(27-14)28-9-13(24)20-7-10-3-2-6-26-10/h1-6H,7-9H2,(H,20,24)(H,21,25). The van der Waals surface area contributed by atoms with E-state index in [0.717, 1.165) is 17.8 Å². The van der Waals surface area contributed by atoms with Crippen LogP contribution in [0.25, 0.3) is 0 Å². The number of furan rings is 1. The number of hydrogen-bond acceptors (Lipinski definition) is 7. The first-order valence-corrected chi connectivity index (χ1v) is 9.35. The van der Waals surface area contributed by atoms with Crippen LogP contribution < -0.4 is 10.6 Å². The average molecular weight is 425 g/mol. The minimum absolute atomic E-state index is 0.000153. The minimum atomic E-state index is -0.729. The van der Waals surface area contributed by atoms with E-state index >= 15 is 0 Å². The Morgan fingerprint density at radius 1 is 1.14 bits per heavy atom. The number of amides is 2. The number of nitrogens with zero attached hydrogens (tertiary/aromatic N) is 2. The molecule has 0 bridgehead atoms. The molecule has 0 aliphatic heterocycles. The fourth-order valence-electron chi connectivity index (χ4n) is 2.10. The number of hydrogen-bond donors (Lipinski definition) is 2. The van der Waals surface area contributed by atoms with Crippen LogP contribution >= 0.6 is 23.4 Å². The quantitative estimate of drug-likeness (QED) is 0.535. The van der Waals surface area contributed by atoms with E-state index in [9.17, 15) is 14.0 Å². The number of carbonyl (C=O) groups excluding carboxylic acids is 2. The van der Waals surface area contributed by atoms with Gasteiger partial charge in [-0.25, -0.2) is 4.39 Å². The maximum Gasteiger partial charge on any atom is 0.277 e. The van der Waals surface area contributed by atoms with E-state index in [0.29, 0.717) is 5.76 Å². The smallest absolute Gasteiger partial charge is 0.277 e. The van der Waals surface area contributed by atoms with Crippen molar-refractivity contribution < 1.29 is 22.8 Å². The Morgan fingerprint density at radius 2 is 2.00 bits per heavy atom. The van der Waals surface area contributed by atoms with Gasteiger partial charge in [0, 0.05) is 0 Å². The number of aromatic nitrogens is 2. The van der Waals surface area contributed by atoms with Crippen LogP contribution in [0.3, 0.4) is 0 Å². The normalized spacial score (nSPS) is 10.6. The van der Waals surface area contributed by atoms with Gasteiger partial charge in [-0.2, -0.15) is 0 Å². The van der Waals surface area contributed by atoms with Crippen molar-refractivity contribution in [3.8, 4) is 0 Å². The van der Waals surface area contributed by atoms with E-state index in [1.807, 2.05) is 0 Å². The fraction of sp³-hybridized carbons (Fsp3) is 0.176. The van der Waals surface area contributed by atoms with Crippen molar-refractivity contribution in [3.63, 3.8) is 0 Å². The number of carbonyl (C=O) groups is 2. The van der Waals surface area contributed by atoms with Gasteiger partial charge in [0.1, 0.15) is 11.6 Å². The topological polar surface area (TPSA) is 110 Å². The molecule has 11 heteroatoms. The summed E-state index contributed by atoms with van der Waals surface area (Å²) in [6, 6.07) is 7.44.